The van der Waals surface area contributed by atoms with Crippen molar-refractivity contribution in [1.29, 1.82) is 0 Å². The molecular weight excluding hydrogens is 701 g/mol. The van der Waals surface area contributed by atoms with Gasteiger partial charge in [-0.1, -0.05) is 49.6 Å². The van der Waals surface area contributed by atoms with Gasteiger partial charge in [-0.15, -0.1) is 0 Å². The number of alkyl halides is 5. The van der Waals surface area contributed by atoms with Crippen molar-refractivity contribution in [2.24, 2.45) is 11.7 Å². The summed E-state index contributed by atoms with van der Waals surface area (Å²) < 4.78 is 113. The number of piperidine rings is 1. The third-order valence-corrected chi connectivity index (χ3v) is 10.4. The highest BCUT2D eigenvalue weighted by molar-refractivity contribution is 7.89. The molecule has 0 bridgehead atoms. The Balaban J connectivity index is 1.55. The van der Waals surface area contributed by atoms with E-state index in [2.05, 4.69) is 4.84 Å². The highest BCUT2D eigenvalue weighted by Crippen LogP contribution is 2.41. The molecule has 276 valence electrons. The zero-order valence-corrected chi connectivity index (χ0v) is 28.3. The molecule has 3 aromatic carbocycles. The van der Waals surface area contributed by atoms with Crippen molar-refractivity contribution in [3.8, 4) is 17.2 Å². The number of likely N-dealkylation sites (tertiary alicyclic amines) is 1. The van der Waals surface area contributed by atoms with Crippen molar-refractivity contribution in [3.63, 3.8) is 0 Å². The van der Waals surface area contributed by atoms with Crippen molar-refractivity contribution in [1.82, 2.24) is 9.37 Å². The molecule has 2 aliphatic rings. The maximum Gasteiger partial charge on any atom is 0.492 e. The van der Waals surface area contributed by atoms with E-state index < -0.39 is 61.0 Å². The van der Waals surface area contributed by atoms with Crippen molar-refractivity contribution in [3.05, 3.63) is 84.4 Å². The van der Waals surface area contributed by atoms with Crippen LogP contribution in [-0.2, 0) is 30.4 Å². The van der Waals surface area contributed by atoms with E-state index in [0.717, 1.165) is 67.3 Å². The SMILES string of the molecule is NC1CCN(C(=O)[C@H](N(OC(=O)C(F)(F)F)S(=O)(=O)c2ccc(OCC3CCCCC3)cc2)C(F)(F)c2cccc(Oc3ccccc3)c2)CC1. The van der Waals surface area contributed by atoms with Crippen LogP contribution in [0.4, 0.5) is 22.0 Å². The molecule has 0 spiro atoms. The minimum Gasteiger partial charge on any atom is -0.493 e. The maximum absolute atomic E-state index is 16.9. The van der Waals surface area contributed by atoms with Gasteiger partial charge in [0, 0.05) is 24.7 Å². The van der Waals surface area contributed by atoms with Crippen LogP contribution in [0.3, 0.4) is 0 Å². The number of hydrogen-bond acceptors (Lipinski definition) is 8. The molecule has 3 aromatic rings. The zero-order chi connectivity index (χ0) is 36.8. The van der Waals surface area contributed by atoms with Crippen LogP contribution < -0.4 is 15.2 Å². The van der Waals surface area contributed by atoms with Crippen LogP contribution in [0.1, 0.15) is 50.5 Å². The molecule has 1 amide bonds. The van der Waals surface area contributed by atoms with Crippen LogP contribution in [0.15, 0.2) is 83.8 Å². The Kier molecular flexibility index (Phi) is 11.9. The van der Waals surface area contributed by atoms with Crippen molar-refractivity contribution < 1.29 is 54.3 Å². The number of halogens is 5. The third kappa shape index (κ3) is 9.34. The van der Waals surface area contributed by atoms with Crippen LogP contribution in [0.25, 0.3) is 0 Å². The van der Waals surface area contributed by atoms with Crippen molar-refractivity contribution in [2.45, 2.75) is 74.0 Å². The molecule has 16 heteroatoms. The molecular formula is C35H38F5N3O7S. The normalized spacial score (nSPS) is 17.2. The summed E-state index contributed by atoms with van der Waals surface area (Å²) >= 11 is 0. The number of hydrogen-bond donors (Lipinski definition) is 1. The average molecular weight is 740 g/mol. The number of nitrogens with two attached hydrogens (primary N) is 1. The minimum absolute atomic E-state index is 0.141. The van der Waals surface area contributed by atoms with Crippen LogP contribution in [0.2, 0.25) is 0 Å². The van der Waals surface area contributed by atoms with Gasteiger partial charge >= 0.3 is 18.1 Å². The summed E-state index contributed by atoms with van der Waals surface area (Å²) in [4.78, 5) is 30.6. The Morgan fingerprint density at radius 3 is 2.08 bits per heavy atom. The first-order chi connectivity index (χ1) is 24.2. The summed E-state index contributed by atoms with van der Waals surface area (Å²) in [6, 6.07) is 12.6. The van der Waals surface area contributed by atoms with E-state index in [1.165, 1.54) is 30.3 Å². The monoisotopic (exact) mass is 739 g/mol. The molecule has 2 fully saturated rings. The lowest BCUT2D eigenvalue weighted by Crippen LogP contribution is -2.60. The van der Waals surface area contributed by atoms with Gasteiger partial charge in [0.2, 0.25) is 6.04 Å². The molecule has 10 nitrogen and oxygen atoms in total. The molecule has 1 heterocycles. The Bertz CT molecular complexity index is 1750. The summed E-state index contributed by atoms with van der Waals surface area (Å²) in [5.41, 5.74) is 4.91. The zero-order valence-electron chi connectivity index (χ0n) is 27.4. The van der Waals surface area contributed by atoms with Crippen LogP contribution in [0.5, 0.6) is 17.2 Å². The lowest BCUT2D eigenvalue weighted by atomic mass is 9.90. The lowest BCUT2D eigenvalue weighted by Gasteiger charge is -2.38. The molecule has 0 aromatic heterocycles. The van der Waals surface area contributed by atoms with Gasteiger partial charge in [0.15, 0.2) is 0 Å². The Hall–Kier alpha value is -4.28. The number of carbonyl (C=O) groups is 2. The van der Waals surface area contributed by atoms with Gasteiger partial charge in [-0.05, 0) is 84.6 Å². The Labute approximate surface area is 292 Å². The molecule has 1 atom stereocenters. The standard InChI is InChI=1S/C35H38F5N3O7S/c36-34(37,25-10-7-13-29(22-25)49-28-11-5-2-6-12-28)31(32(44)42-20-18-26(41)19-21-42)43(50-33(45)35(38,39)40)51(46,47)30-16-14-27(15-17-30)48-23-24-8-3-1-4-9-24/h2,5-7,10-17,22,24,26,31H,1,3-4,8-9,18-21,23,41H2/t31-/m0/s1. The number of para-hydroxylation sites is 1. The number of ether oxygens (including phenoxy) is 2. The number of amides is 1. The second-order valence-corrected chi connectivity index (χ2v) is 14.3. The van der Waals surface area contributed by atoms with E-state index in [-0.39, 0.29) is 49.1 Å². The number of rotatable bonds is 12. The number of carbonyl (C=O) groups excluding carboxylic acids is 2. The molecule has 1 aliphatic heterocycles. The maximum atomic E-state index is 16.9. The fourth-order valence-corrected chi connectivity index (χ4v) is 7.33. The summed E-state index contributed by atoms with van der Waals surface area (Å²) in [5.74, 6) is -8.73. The average Bonchev–Trinajstić information content (AvgIpc) is 3.11. The molecule has 1 saturated heterocycles. The summed E-state index contributed by atoms with van der Waals surface area (Å²) in [6.45, 7) is -0.0769. The highest BCUT2D eigenvalue weighted by atomic mass is 32.2. The molecule has 1 saturated carbocycles. The summed E-state index contributed by atoms with van der Waals surface area (Å²) in [5, 5.41) is 0. The number of benzene rings is 3. The van der Waals surface area contributed by atoms with Gasteiger partial charge in [-0.25, -0.2) is 13.2 Å². The predicted octanol–water partition coefficient (Wildman–Crippen LogP) is 6.56. The second-order valence-electron chi connectivity index (χ2n) is 12.6. The third-order valence-electron chi connectivity index (χ3n) is 8.81. The first kappa shape index (κ1) is 38.0. The van der Waals surface area contributed by atoms with E-state index in [1.807, 2.05) is 0 Å². The van der Waals surface area contributed by atoms with Gasteiger partial charge in [0.05, 0.1) is 11.5 Å². The van der Waals surface area contributed by atoms with Crippen LogP contribution >= 0.6 is 0 Å². The number of sulfonamides is 1. The quantitative estimate of drug-likeness (QED) is 0.164. The molecule has 0 radical (unpaired) electrons. The van der Waals surface area contributed by atoms with Crippen molar-refractivity contribution in [2.75, 3.05) is 19.7 Å². The first-order valence-corrected chi connectivity index (χ1v) is 17.9. The van der Waals surface area contributed by atoms with Gasteiger partial charge in [-0.3, -0.25) is 4.79 Å². The Morgan fingerprint density at radius 2 is 1.45 bits per heavy atom. The largest absolute Gasteiger partial charge is 0.493 e. The molecule has 0 unspecified atom stereocenters. The fraction of sp³-hybridized carbons (Fsp3) is 0.429. The second kappa shape index (κ2) is 15.9. The molecule has 51 heavy (non-hydrogen) atoms. The topological polar surface area (TPSA) is 128 Å². The minimum atomic E-state index is -5.82. The van der Waals surface area contributed by atoms with E-state index in [4.69, 9.17) is 15.2 Å². The smallest absolute Gasteiger partial charge is 0.492 e. The van der Waals surface area contributed by atoms with Gasteiger partial charge in [0.1, 0.15) is 17.2 Å². The molecule has 5 rings (SSSR count). The van der Waals surface area contributed by atoms with Gasteiger partial charge in [0.25, 0.3) is 15.9 Å². The first-order valence-electron chi connectivity index (χ1n) is 16.5. The lowest BCUT2D eigenvalue weighted by molar-refractivity contribution is -0.239. The van der Waals surface area contributed by atoms with Crippen molar-refractivity contribution >= 4 is 21.9 Å². The van der Waals surface area contributed by atoms with E-state index in [1.54, 1.807) is 18.2 Å². The Morgan fingerprint density at radius 1 is 0.824 bits per heavy atom. The predicted molar refractivity (Wildman–Crippen MR) is 174 cm³/mol. The number of hydroxylamine groups is 1. The molecule has 2 N–H and O–H groups in total. The van der Waals surface area contributed by atoms with E-state index in [9.17, 15) is 31.2 Å². The van der Waals surface area contributed by atoms with Gasteiger partial charge in [-0.2, -0.15) is 22.0 Å². The van der Waals surface area contributed by atoms with Crippen LogP contribution in [-0.4, -0.2) is 67.6 Å². The fourth-order valence-electron chi connectivity index (χ4n) is 5.97. The summed E-state index contributed by atoms with van der Waals surface area (Å²) in [6.07, 6.45) is -0.398. The summed E-state index contributed by atoms with van der Waals surface area (Å²) in [7, 11) is -5.60. The van der Waals surface area contributed by atoms with E-state index >= 15 is 8.78 Å². The molecule has 1 aliphatic carbocycles. The van der Waals surface area contributed by atoms with Crippen LogP contribution in [0, 0.1) is 5.92 Å². The number of nitrogens with zero attached hydrogens (tertiary/aromatic N) is 2. The highest BCUT2D eigenvalue weighted by Gasteiger charge is 2.58. The van der Waals surface area contributed by atoms with E-state index in [0.29, 0.717) is 6.61 Å². The van der Waals surface area contributed by atoms with Gasteiger partial charge < -0.3 is 24.9 Å².